The van der Waals surface area contributed by atoms with Crippen LogP contribution in [-0.2, 0) is 21.1 Å². The Morgan fingerprint density at radius 1 is 1.52 bits per heavy atom. The van der Waals surface area contributed by atoms with Crippen LogP contribution in [0.3, 0.4) is 0 Å². The molecule has 0 radical (unpaired) electrons. The summed E-state index contributed by atoms with van der Waals surface area (Å²) in [6.45, 7) is 0.879. The largest absolute Gasteiger partial charge is 0.455 e. The first-order valence-electron chi connectivity index (χ1n) is 6.76. The Balaban J connectivity index is 2.17. The highest BCUT2D eigenvalue weighted by molar-refractivity contribution is 7.91. The average molecular weight is 316 g/mol. The molecule has 1 unspecified atom stereocenters. The first kappa shape index (κ1) is 16.0. The molecular formula is C13H20N2O5S. The number of nitrogens with two attached hydrogens (primary N) is 1. The molecule has 7 nitrogen and oxygen atoms in total. The third-order valence-corrected chi connectivity index (χ3v) is 5.27. The first-order valence-corrected chi connectivity index (χ1v) is 8.58. The van der Waals surface area contributed by atoms with E-state index in [-0.39, 0.29) is 35.8 Å². The van der Waals surface area contributed by atoms with Crippen LogP contribution >= 0.6 is 0 Å². The second-order valence-corrected chi connectivity index (χ2v) is 7.25. The highest BCUT2D eigenvalue weighted by atomic mass is 32.2. The first-order chi connectivity index (χ1) is 9.96. The molecule has 1 atom stereocenters. The number of amides is 1. The summed E-state index contributed by atoms with van der Waals surface area (Å²) in [6.07, 6.45) is 0.447. The molecule has 1 aliphatic heterocycles. The summed E-state index contributed by atoms with van der Waals surface area (Å²) >= 11 is 0. The van der Waals surface area contributed by atoms with Crippen LogP contribution in [0.15, 0.2) is 16.5 Å². The van der Waals surface area contributed by atoms with Crippen LogP contribution in [0, 0.1) is 0 Å². The van der Waals surface area contributed by atoms with Gasteiger partial charge in [0.15, 0.2) is 15.6 Å². The van der Waals surface area contributed by atoms with Crippen molar-refractivity contribution in [3.05, 3.63) is 23.7 Å². The van der Waals surface area contributed by atoms with Gasteiger partial charge in [-0.2, -0.15) is 0 Å². The molecule has 1 aliphatic rings. The van der Waals surface area contributed by atoms with Crippen molar-refractivity contribution in [2.24, 2.45) is 5.73 Å². The lowest BCUT2D eigenvalue weighted by molar-refractivity contribution is 0.0591. The molecule has 1 amide bonds. The Labute approximate surface area is 124 Å². The zero-order valence-corrected chi connectivity index (χ0v) is 12.8. The molecule has 0 aliphatic carbocycles. The van der Waals surface area contributed by atoms with Gasteiger partial charge in [-0.15, -0.1) is 0 Å². The number of hydrogen-bond acceptors (Lipinski definition) is 6. The van der Waals surface area contributed by atoms with Crippen LogP contribution in [-0.4, -0.2) is 57.0 Å². The van der Waals surface area contributed by atoms with E-state index >= 15 is 0 Å². The fourth-order valence-corrected chi connectivity index (χ4v) is 4.14. The van der Waals surface area contributed by atoms with Gasteiger partial charge in [0.1, 0.15) is 5.76 Å². The molecule has 0 aromatic carbocycles. The highest BCUT2D eigenvalue weighted by Gasteiger charge is 2.35. The maximum atomic E-state index is 12.5. The third kappa shape index (κ3) is 3.84. The number of rotatable bonds is 6. The standard InChI is InChI=1S/C13H20N2O5S/c1-19-6-5-15(10-4-7-21(17,18)9-10)13(16)12-3-2-11(8-14)20-12/h2-3,10H,4-9,14H2,1H3. The molecule has 1 saturated heterocycles. The van der Waals surface area contributed by atoms with E-state index in [4.69, 9.17) is 14.9 Å². The molecule has 21 heavy (non-hydrogen) atoms. The molecule has 0 saturated carbocycles. The van der Waals surface area contributed by atoms with Crippen molar-refractivity contribution < 1.29 is 22.4 Å². The van der Waals surface area contributed by atoms with Crippen LogP contribution in [0.4, 0.5) is 0 Å². The molecular weight excluding hydrogens is 296 g/mol. The molecule has 1 aromatic rings. The van der Waals surface area contributed by atoms with Crippen molar-refractivity contribution in [3.63, 3.8) is 0 Å². The van der Waals surface area contributed by atoms with E-state index < -0.39 is 9.84 Å². The molecule has 1 fully saturated rings. The van der Waals surface area contributed by atoms with Crippen molar-refractivity contribution in [2.45, 2.75) is 19.0 Å². The highest BCUT2D eigenvalue weighted by Crippen LogP contribution is 2.20. The molecule has 0 spiro atoms. The van der Waals surface area contributed by atoms with Crippen LogP contribution < -0.4 is 5.73 Å². The topological polar surface area (TPSA) is 103 Å². The number of hydrogen-bond donors (Lipinski definition) is 1. The second-order valence-electron chi connectivity index (χ2n) is 5.02. The Morgan fingerprint density at radius 3 is 2.81 bits per heavy atom. The quantitative estimate of drug-likeness (QED) is 0.793. The van der Waals surface area contributed by atoms with E-state index in [9.17, 15) is 13.2 Å². The van der Waals surface area contributed by atoms with Crippen molar-refractivity contribution in [3.8, 4) is 0 Å². The van der Waals surface area contributed by atoms with Gasteiger partial charge in [0.2, 0.25) is 0 Å². The zero-order chi connectivity index (χ0) is 15.5. The van der Waals surface area contributed by atoms with Crippen molar-refractivity contribution in [2.75, 3.05) is 31.8 Å². The minimum Gasteiger partial charge on any atom is -0.455 e. The lowest BCUT2D eigenvalue weighted by Crippen LogP contribution is -2.43. The van der Waals surface area contributed by atoms with E-state index in [2.05, 4.69) is 0 Å². The lowest BCUT2D eigenvalue weighted by atomic mass is 10.2. The number of sulfone groups is 1. The second kappa shape index (κ2) is 6.59. The van der Waals surface area contributed by atoms with E-state index in [1.807, 2.05) is 0 Å². The Hall–Kier alpha value is -1.38. The summed E-state index contributed by atoms with van der Waals surface area (Å²) in [5.74, 6) is 0.474. The van der Waals surface area contributed by atoms with Crippen molar-refractivity contribution in [1.82, 2.24) is 4.90 Å². The molecule has 2 heterocycles. The molecule has 8 heteroatoms. The number of carbonyl (C=O) groups is 1. The maximum absolute atomic E-state index is 12.5. The van der Waals surface area contributed by atoms with Gasteiger partial charge in [-0.3, -0.25) is 4.79 Å². The summed E-state index contributed by atoms with van der Waals surface area (Å²) in [4.78, 5) is 14.0. The number of ether oxygens (including phenoxy) is 1. The normalized spacial score (nSPS) is 20.6. The van der Waals surface area contributed by atoms with Crippen LogP contribution in [0.25, 0.3) is 0 Å². The lowest BCUT2D eigenvalue weighted by Gasteiger charge is -2.27. The van der Waals surface area contributed by atoms with Gasteiger partial charge in [-0.25, -0.2) is 8.42 Å². The summed E-state index contributed by atoms with van der Waals surface area (Å²) in [5.41, 5.74) is 5.46. The number of furan rings is 1. The Bertz CT molecular complexity index is 595. The van der Waals surface area contributed by atoms with Crippen molar-refractivity contribution in [1.29, 1.82) is 0 Å². The number of carbonyl (C=O) groups excluding carboxylic acids is 1. The fourth-order valence-electron chi connectivity index (χ4n) is 2.40. The van der Waals surface area contributed by atoms with E-state index in [0.29, 0.717) is 25.3 Å². The molecule has 2 rings (SSSR count). The van der Waals surface area contributed by atoms with Gasteiger partial charge in [-0.1, -0.05) is 0 Å². The van der Waals surface area contributed by atoms with Crippen molar-refractivity contribution >= 4 is 15.7 Å². The van der Waals surface area contributed by atoms with Gasteiger partial charge in [0.05, 0.1) is 24.7 Å². The Morgan fingerprint density at radius 2 is 2.29 bits per heavy atom. The van der Waals surface area contributed by atoms with Crippen LogP contribution in [0.1, 0.15) is 22.7 Å². The number of nitrogens with zero attached hydrogens (tertiary/aromatic N) is 1. The summed E-state index contributed by atoms with van der Waals surface area (Å²) < 4.78 is 33.6. The molecule has 2 N–H and O–H groups in total. The predicted molar refractivity (Wildman–Crippen MR) is 76.6 cm³/mol. The summed E-state index contributed by atoms with van der Waals surface area (Å²) in [7, 11) is -1.53. The minimum absolute atomic E-state index is 0.00703. The van der Waals surface area contributed by atoms with Crippen LogP contribution in [0.2, 0.25) is 0 Å². The van der Waals surface area contributed by atoms with Gasteiger partial charge in [0, 0.05) is 19.7 Å². The van der Waals surface area contributed by atoms with Gasteiger partial charge in [-0.05, 0) is 18.6 Å². The maximum Gasteiger partial charge on any atom is 0.289 e. The average Bonchev–Trinajstić information content (AvgIpc) is 3.05. The van der Waals surface area contributed by atoms with Crippen LogP contribution in [0.5, 0.6) is 0 Å². The predicted octanol–water partition coefficient (Wildman–Crippen LogP) is 0.0140. The number of methoxy groups -OCH3 is 1. The van der Waals surface area contributed by atoms with Gasteiger partial charge >= 0.3 is 0 Å². The van der Waals surface area contributed by atoms with E-state index in [1.54, 1.807) is 12.1 Å². The summed E-state index contributed by atoms with van der Waals surface area (Å²) in [5, 5.41) is 0. The third-order valence-electron chi connectivity index (χ3n) is 3.52. The zero-order valence-electron chi connectivity index (χ0n) is 11.9. The minimum atomic E-state index is -3.07. The fraction of sp³-hybridized carbons (Fsp3) is 0.615. The molecule has 1 aromatic heterocycles. The summed E-state index contributed by atoms with van der Waals surface area (Å²) in [6, 6.07) is 2.88. The van der Waals surface area contributed by atoms with E-state index in [0.717, 1.165) is 0 Å². The molecule has 118 valence electrons. The monoisotopic (exact) mass is 316 g/mol. The van der Waals surface area contributed by atoms with Gasteiger partial charge < -0.3 is 19.8 Å². The van der Waals surface area contributed by atoms with E-state index in [1.165, 1.54) is 12.0 Å². The molecule has 0 bridgehead atoms. The van der Waals surface area contributed by atoms with Gasteiger partial charge in [0.25, 0.3) is 5.91 Å². The smallest absolute Gasteiger partial charge is 0.289 e. The Kier molecular flexibility index (Phi) is 5.02. The SMILES string of the molecule is COCCN(C(=O)c1ccc(CN)o1)C1CCS(=O)(=O)C1.